The van der Waals surface area contributed by atoms with Gasteiger partial charge in [-0.1, -0.05) is 0 Å². The highest BCUT2D eigenvalue weighted by Gasteiger charge is 2.04. The Labute approximate surface area is 98.5 Å². The summed E-state index contributed by atoms with van der Waals surface area (Å²) in [5.74, 6) is 0.349. The molecule has 0 atom stereocenters. The highest BCUT2D eigenvalue weighted by atomic mass is 79.9. The molecule has 78 valence electrons. The van der Waals surface area contributed by atoms with E-state index in [9.17, 15) is 4.79 Å². The molecule has 0 saturated heterocycles. The molecule has 2 N–H and O–H groups in total. The fourth-order valence-electron chi connectivity index (χ4n) is 1.15. The van der Waals surface area contributed by atoms with E-state index in [0.717, 1.165) is 9.35 Å². The second kappa shape index (κ2) is 4.16. The number of aromatic nitrogens is 2. The number of hydrogen-bond acceptors (Lipinski definition) is 4. The van der Waals surface area contributed by atoms with Crippen LogP contribution in [-0.4, -0.2) is 9.78 Å². The maximum atomic E-state index is 11.4. The number of nitrogen functional groups attached to an aromatic ring is 1. The molecule has 2 aromatic rings. The lowest BCUT2D eigenvalue weighted by Crippen LogP contribution is -2.22. The lowest BCUT2D eigenvalue weighted by Gasteiger charge is -2.03. The molecule has 0 fully saturated rings. The van der Waals surface area contributed by atoms with E-state index in [1.54, 1.807) is 11.3 Å². The first-order valence-corrected chi connectivity index (χ1v) is 5.89. The van der Waals surface area contributed by atoms with E-state index >= 15 is 0 Å². The maximum Gasteiger partial charge on any atom is 0.267 e. The van der Waals surface area contributed by atoms with Crippen LogP contribution in [0.1, 0.15) is 4.88 Å². The van der Waals surface area contributed by atoms with Crippen LogP contribution in [0.25, 0.3) is 0 Å². The molecule has 0 unspecified atom stereocenters. The predicted octanol–water partition coefficient (Wildman–Crippen LogP) is 1.70. The van der Waals surface area contributed by atoms with Gasteiger partial charge in [0.05, 0.1) is 6.54 Å². The van der Waals surface area contributed by atoms with Gasteiger partial charge in [-0.05, 0) is 33.4 Å². The SMILES string of the molecule is Nc1ccc(=O)n(Cc2sccc2Br)n1. The highest BCUT2D eigenvalue weighted by molar-refractivity contribution is 9.10. The summed E-state index contributed by atoms with van der Waals surface area (Å²) in [6.07, 6.45) is 0. The van der Waals surface area contributed by atoms with Crippen LogP contribution in [0.5, 0.6) is 0 Å². The van der Waals surface area contributed by atoms with Crippen LogP contribution in [0.3, 0.4) is 0 Å². The Morgan fingerprint density at radius 1 is 1.47 bits per heavy atom. The average Bonchev–Trinajstić information content (AvgIpc) is 2.58. The minimum atomic E-state index is -0.149. The van der Waals surface area contributed by atoms with Gasteiger partial charge in [-0.2, -0.15) is 5.10 Å². The van der Waals surface area contributed by atoms with Crippen molar-refractivity contribution in [2.75, 3.05) is 5.73 Å². The van der Waals surface area contributed by atoms with Crippen molar-refractivity contribution in [3.8, 4) is 0 Å². The topological polar surface area (TPSA) is 60.9 Å². The number of nitrogens with zero attached hydrogens (tertiary/aromatic N) is 2. The van der Waals surface area contributed by atoms with E-state index in [1.165, 1.54) is 16.8 Å². The van der Waals surface area contributed by atoms with Crippen LogP contribution in [0.4, 0.5) is 5.82 Å². The van der Waals surface area contributed by atoms with Crippen LogP contribution in [0.2, 0.25) is 0 Å². The summed E-state index contributed by atoms with van der Waals surface area (Å²) in [5, 5.41) is 5.91. The first-order chi connectivity index (χ1) is 7.16. The van der Waals surface area contributed by atoms with E-state index in [2.05, 4.69) is 21.0 Å². The van der Waals surface area contributed by atoms with Crippen molar-refractivity contribution in [1.29, 1.82) is 0 Å². The third-order valence-electron chi connectivity index (χ3n) is 1.87. The Morgan fingerprint density at radius 3 is 2.93 bits per heavy atom. The van der Waals surface area contributed by atoms with E-state index in [1.807, 2.05) is 11.4 Å². The Hall–Kier alpha value is -1.14. The van der Waals surface area contributed by atoms with Crippen LogP contribution in [0.15, 0.2) is 32.8 Å². The summed E-state index contributed by atoms with van der Waals surface area (Å²) in [7, 11) is 0. The molecule has 0 bridgehead atoms. The molecule has 0 radical (unpaired) electrons. The molecule has 0 aliphatic rings. The third kappa shape index (κ3) is 2.27. The van der Waals surface area contributed by atoms with Gasteiger partial charge in [0.25, 0.3) is 5.56 Å². The van der Waals surface area contributed by atoms with Crippen molar-refractivity contribution in [3.05, 3.63) is 43.3 Å². The Bertz CT molecular complexity index is 534. The lowest BCUT2D eigenvalue weighted by atomic mass is 10.4. The quantitative estimate of drug-likeness (QED) is 0.914. The fraction of sp³-hybridized carbons (Fsp3) is 0.111. The Balaban J connectivity index is 2.36. The van der Waals surface area contributed by atoms with Gasteiger partial charge in [-0.3, -0.25) is 4.79 Å². The molecule has 15 heavy (non-hydrogen) atoms. The number of thiophene rings is 1. The van der Waals surface area contributed by atoms with Crippen molar-refractivity contribution in [1.82, 2.24) is 9.78 Å². The largest absolute Gasteiger partial charge is 0.382 e. The molecule has 2 aromatic heterocycles. The summed E-state index contributed by atoms with van der Waals surface area (Å²) in [6.45, 7) is 0.447. The van der Waals surface area contributed by atoms with Crippen molar-refractivity contribution >= 4 is 33.1 Å². The molecule has 0 saturated carbocycles. The molecular weight excluding hydrogens is 278 g/mol. The van der Waals surface area contributed by atoms with Gasteiger partial charge in [0.1, 0.15) is 5.82 Å². The molecule has 0 amide bonds. The van der Waals surface area contributed by atoms with Gasteiger partial charge in [-0.25, -0.2) is 4.68 Å². The van der Waals surface area contributed by atoms with E-state index < -0.39 is 0 Å². The second-order valence-corrected chi connectivity index (χ2v) is 4.80. The second-order valence-electron chi connectivity index (χ2n) is 2.95. The number of anilines is 1. The van der Waals surface area contributed by atoms with Gasteiger partial charge >= 0.3 is 0 Å². The Morgan fingerprint density at radius 2 is 2.27 bits per heavy atom. The van der Waals surface area contributed by atoms with Gasteiger partial charge in [-0.15, -0.1) is 11.3 Å². The van der Waals surface area contributed by atoms with Crippen molar-refractivity contribution in [2.24, 2.45) is 0 Å². The van der Waals surface area contributed by atoms with Crippen molar-refractivity contribution < 1.29 is 0 Å². The van der Waals surface area contributed by atoms with E-state index in [0.29, 0.717) is 12.4 Å². The first kappa shape index (κ1) is 10.4. The molecule has 0 aliphatic heterocycles. The van der Waals surface area contributed by atoms with Crippen LogP contribution < -0.4 is 11.3 Å². The first-order valence-electron chi connectivity index (χ1n) is 4.22. The number of nitrogens with two attached hydrogens (primary N) is 1. The molecular formula is C9H8BrN3OS. The summed E-state index contributed by atoms with van der Waals surface area (Å²) < 4.78 is 2.34. The zero-order valence-corrected chi connectivity index (χ0v) is 10.1. The minimum Gasteiger partial charge on any atom is -0.382 e. The summed E-state index contributed by atoms with van der Waals surface area (Å²) in [5.41, 5.74) is 5.37. The molecule has 0 spiro atoms. The molecule has 0 aromatic carbocycles. The van der Waals surface area contributed by atoms with Crippen LogP contribution in [-0.2, 0) is 6.54 Å². The lowest BCUT2D eigenvalue weighted by molar-refractivity contribution is 0.649. The van der Waals surface area contributed by atoms with E-state index in [4.69, 9.17) is 5.73 Å². The third-order valence-corrected chi connectivity index (χ3v) is 3.78. The molecule has 4 nitrogen and oxygen atoms in total. The molecule has 0 aliphatic carbocycles. The standard InChI is InChI=1S/C9H8BrN3OS/c10-6-3-4-15-7(6)5-13-9(14)2-1-8(11)12-13/h1-4H,5H2,(H2,11,12). The number of rotatable bonds is 2. The number of hydrogen-bond donors (Lipinski definition) is 1. The van der Waals surface area contributed by atoms with Gasteiger partial charge in [0, 0.05) is 15.4 Å². The molecule has 6 heteroatoms. The normalized spacial score (nSPS) is 10.5. The maximum absolute atomic E-state index is 11.4. The zero-order chi connectivity index (χ0) is 10.8. The zero-order valence-electron chi connectivity index (χ0n) is 7.68. The van der Waals surface area contributed by atoms with E-state index in [-0.39, 0.29) is 5.56 Å². The van der Waals surface area contributed by atoms with Crippen molar-refractivity contribution in [2.45, 2.75) is 6.54 Å². The Kier molecular flexibility index (Phi) is 2.88. The summed E-state index contributed by atoms with van der Waals surface area (Å²) in [6, 6.07) is 4.86. The summed E-state index contributed by atoms with van der Waals surface area (Å²) >= 11 is 4.97. The molecule has 2 heterocycles. The molecule has 2 rings (SSSR count). The van der Waals surface area contributed by atoms with Gasteiger partial charge in [0.15, 0.2) is 0 Å². The minimum absolute atomic E-state index is 0.149. The fourth-order valence-corrected chi connectivity index (χ4v) is 2.61. The van der Waals surface area contributed by atoms with Gasteiger partial charge in [0.2, 0.25) is 0 Å². The van der Waals surface area contributed by atoms with Crippen molar-refractivity contribution in [3.63, 3.8) is 0 Å². The average molecular weight is 286 g/mol. The predicted molar refractivity (Wildman–Crippen MR) is 64.0 cm³/mol. The highest BCUT2D eigenvalue weighted by Crippen LogP contribution is 2.22. The monoisotopic (exact) mass is 285 g/mol. The van der Waals surface area contributed by atoms with Crippen LogP contribution in [0, 0.1) is 0 Å². The smallest absolute Gasteiger partial charge is 0.267 e. The van der Waals surface area contributed by atoms with Gasteiger partial charge < -0.3 is 5.73 Å². The summed E-state index contributed by atoms with van der Waals surface area (Å²) in [4.78, 5) is 12.5. The van der Waals surface area contributed by atoms with Crippen LogP contribution >= 0.6 is 27.3 Å². The number of halogens is 1.